The standard InChI is InChI=1S/C23H25N3O/c1-2-26-20-10-6-5-7-16(20)19-13-15(11-12-21(19)26)14-24-25-23(27)22-17-8-3-4-9-18(17)22/h5-7,10-14,17-18,22H,2-4,8-9H2,1H3,(H,25,27)/t17-,18+,22?. The zero-order valence-corrected chi connectivity index (χ0v) is 15.7. The second-order valence-electron chi connectivity index (χ2n) is 7.91. The molecule has 2 aliphatic rings. The first kappa shape index (κ1) is 16.5. The predicted molar refractivity (Wildman–Crippen MR) is 110 cm³/mol. The molecule has 3 atom stereocenters. The van der Waals surface area contributed by atoms with Crippen LogP contribution < -0.4 is 5.43 Å². The van der Waals surface area contributed by atoms with Crippen LogP contribution in [0.5, 0.6) is 0 Å². The van der Waals surface area contributed by atoms with Gasteiger partial charge in [-0.05, 0) is 55.4 Å². The van der Waals surface area contributed by atoms with Crippen molar-refractivity contribution in [2.45, 2.75) is 39.2 Å². The van der Waals surface area contributed by atoms with E-state index >= 15 is 0 Å². The lowest BCUT2D eigenvalue weighted by molar-refractivity contribution is -0.122. The minimum atomic E-state index is 0.104. The molecule has 1 aromatic heterocycles. The monoisotopic (exact) mass is 359 g/mol. The smallest absolute Gasteiger partial charge is 0.243 e. The Morgan fingerprint density at radius 1 is 1.11 bits per heavy atom. The van der Waals surface area contributed by atoms with Crippen molar-refractivity contribution in [2.75, 3.05) is 0 Å². The number of fused-ring (bicyclic) bond motifs is 4. The Hall–Kier alpha value is -2.62. The quantitative estimate of drug-likeness (QED) is 0.533. The van der Waals surface area contributed by atoms with Crippen LogP contribution in [0.4, 0.5) is 0 Å². The number of hydrogen-bond acceptors (Lipinski definition) is 2. The molecular weight excluding hydrogens is 334 g/mol. The Morgan fingerprint density at radius 2 is 1.85 bits per heavy atom. The molecule has 5 rings (SSSR count). The average molecular weight is 359 g/mol. The van der Waals surface area contributed by atoms with Crippen molar-refractivity contribution < 1.29 is 4.79 Å². The number of rotatable bonds is 4. The van der Waals surface area contributed by atoms with Crippen molar-refractivity contribution in [3.63, 3.8) is 0 Å². The number of aromatic nitrogens is 1. The van der Waals surface area contributed by atoms with Gasteiger partial charge in [-0.2, -0.15) is 5.10 Å². The fourth-order valence-corrected chi connectivity index (χ4v) is 5.12. The van der Waals surface area contributed by atoms with E-state index in [0.717, 1.165) is 12.1 Å². The van der Waals surface area contributed by atoms with Crippen LogP contribution in [0.25, 0.3) is 21.8 Å². The lowest BCUT2D eigenvalue weighted by Gasteiger charge is -2.04. The Morgan fingerprint density at radius 3 is 2.63 bits per heavy atom. The highest BCUT2D eigenvalue weighted by atomic mass is 16.2. The number of carbonyl (C=O) groups is 1. The second kappa shape index (κ2) is 6.52. The van der Waals surface area contributed by atoms with Crippen LogP contribution in [0.3, 0.4) is 0 Å². The number of nitrogens with one attached hydrogen (secondary N) is 1. The first-order chi connectivity index (χ1) is 13.3. The van der Waals surface area contributed by atoms with Crippen LogP contribution in [0, 0.1) is 17.8 Å². The Labute approximate surface area is 159 Å². The predicted octanol–water partition coefficient (Wildman–Crippen LogP) is 4.70. The molecule has 2 aromatic carbocycles. The lowest BCUT2D eigenvalue weighted by Crippen LogP contribution is -2.20. The number of benzene rings is 2. The van der Waals surface area contributed by atoms with E-state index in [4.69, 9.17) is 0 Å². The summed E-state index contributed by atoms with van der Waals surface area (Å²) >= 11 is 0. The summed E-state index contributed by atoms with van der Waals surface area (Å²) in [6, 6.07) is 14.9. The minimum Gasteiger partial charge on any atom is -0.341 e. The molecule has 0 saturated heterocycles. The zero-order chi connectivity index (χ0) is 18.4. The van der Waals surface area contributed by atoms with Gasteiger partial charge in [0.15, 0.2) is 0 Å². The highest BCUT2D eigenvalue weighted by molar-refractivity contribution is 6.09. The van der Waals surface area contributed by atoms with Gasteiger partial charge in [0.1, 0.15) is 0 Å². The Balaban J connectivity index is 1.37. The molecule has 2 aliphatic carbocycles. The van der Waals surface area contributed by atoms with Gasteiger partial charge in [0.2, 0.25) is 5.91 Å². The van der Waals surface area contributed by atoms with Crippen molar-refractivity contribution in [1.29, 1.82) is 0 Å². The van der Waals surface area contributed by atoms with Gasteiger partial charge < -0.3 is 4.57 Å². The van der Waals surface area contributed by atoms with Gasteiger partial charge in [-0.3, -0.25) is 4.79 Å². The van der Waals surface area contributed by atoms with E-state index in [9.17, 15) is 4.79 Å². The number of hydrogen-bond donors (Lipinski definition) is 1. The maximum absolute atomic E-state index is 12.4. The third-order valence-electron chi connectivity index (χ3n) is 6.46. The van der Waals surface area contributed by atoms with Gasteiger partial charge in [0.25, 0.3) is 0 Å². The third kappa shape index (κ3) is 2.75. The maximum atomic E-state index is 12.4. The molecule has 27 heavy (non-hydrogen) atoms. The van der Waals surface area contributed by atoms with Crippen LogP contribution in [0.1, 0.15) is 38.2 Å². The van der Waals surface area contributed by atoms with Crippen molar-refractivity contribution in [1.82, 2.24) is 9.99 Å². The van der Waals surface area contributed by atoms with Gasteiger partial charge in [0, 0.05) is 34.3 Å². The number of nitrogens with zero attached hydrogens (tertiary/aromatic N) is 2. The summed E-state index contributed by atoms with van der Waals surface area (Å²) < 4.78 is 2.34. The zero-order valence-electron chi connectivity index (χ0n) is 15.7. The van der Waals surface area contributed by atoms with Crippen LogP contribution in [0.15, 0.2) is 47.6 Å². The van der Waals surface area contributed by atoms with E-state index in [0.29, 0.717) is 11.8 Å². The molecule has 0 aliphatic heterocycles. The number of carbonyl (C=O) groups excluding carboxylic acids is 1. The van der Waals surface area contributed by atoms with Crippen molar-refractivity contribution in [2.24, 2.45) is 22.9 Å². The highest BCUT2D eigenvalue weighted by Crippen LogP contribution is 2.55. The normalized spacial score (nSPS) is 24.4. The summed E-state index contributed by atoms with van der Waals surface area (Å²) in [7, 11) is 0. The summed E-state index contributed by atoms with van der Waals surface area (Å²) in [6.07, 6.45) is 6.75. The van der Waals surface area contributed by atoms with E-state index < -0.39 is 0 Å². The fraction of sp³-hybridized carbons (Fsp3) is 0.391. The summed E-state index contributed by atoms with van der Waals surface area (Å²) in [5.74, 6) is 1.54. The molecule has 1 unspecified atom stereocenters. The Kier molecular flexibility index (Phi) is 4.00. The highest BCUT2D eigenvalue weighted by Gasteiger charge is 2.54. The molecule has 0 spiro atoms. The minimum absolute atomic E-state index is 0.104. The summed E-state index contributed by atoms with van der Waals surface area (Å²) in [6.45, 7) is 3.11. The molecule has 1 N–H and O–H groups in total. The van der Waals surface area contributed by atoms with Crippen molar-refractivity contribution >= 4 is 33.9 Å². The molecule has 0 bridgehead atoms. The molecule has 4 nitrogen and oxygen atoms in total. The molecule has 1 heterocycles. The number of para-hydroxylation sites is 1. The molecular formula is C23H25N3O. The molecule has 138 valence electrons. The van der Waals surface area contributed by atoms with E-state index in [-0.39, 0.29) is 11.8 Å². The largest absolute Gasteiger partial charge is 0.341 e. The van der Waals surface area contributed by atoms with Gasteiger partial charge >= 0.3 is 0 Å². The molecule has 2 fully saturated rings. The first-order valence-electron chi connectivity index (χ1n) is 10.1. The van der Waals surface area contributed by atoms with Crippen LogP contribution in [-0.2, 0) is 11.3 Å². The molecule has 2 saturated carbocycles. The van der Waals surface area contributed by atoms with Crippen molar-refractivity contribution in [3.8, 4) is 0 Å². The summed E-state index contributed by atoms with van der Waals surface area (Å²) in [5, 5.41) is 6.74. The van der Waals surface area contributed by atoms with Crippen LogP contribution in [0.2, 0.25) is 0 Å². The van der Waals surface area contributed by atoms with Crippen LogP contribution >= 0.6 is 0 Å². The number of aryl methyl sites for hydroxylation is 1. The first-order valence-corrected chi connectivity index (χ1v) is 10.1. The molecule has 1 amide bonds. The summed E-state index contributed by atoms with van der Waals surface area (Å²) in [4.78, 5) is 12.4. The van der Waals surface area contributed by atoms with E-state index in [1.807, 2.05) is 0 Å². The van der Waals surface area contributed by atoms with Gasteiger partial charge in [0.05, 0.1) is 6.21 Å². The number of hydrazone groups is 1. The van der Waals surface area contributed by atoms with E-state index in [2.05, 4.69) is 64.5 Å². The average Bonchev–Trinajstić information content (AvgIpc) is 3.36. The van der Waals surface area contributed by atoms with E-state index in [1.54, 1.807) is 6.21 Å². The second-order valence-corrected chi connectivity index (χ2v) is 7.91. The van der Waals surface area contributed by atoms with Gasteiger partial charge in [-0.25, -0.2) is 5.43 Å². The van der Waals surface area contributed by atoms with E-state index in [1.165, 1.54) is 47.5 Å². The number of amides is 1. The molecule has 4 heteroatoms. The molecule has 0 radical (unpaired) electrons. The molecule has 3 aromatic rings. The SMILES string of the molecule is CCn1c2ccccc2c2cc(C=NNC(=O)C3[C@H]4CCCC[C@@H]34)ccc21. The maximum Gasteiger partial charge on any atom is 0.243 e. The van der Waals surface area contributed by atoms with Crippen molar-refractivity contribution in [3.05, 3.63) is 48.0 Å². The Bertz CT molecular complexity index is 1040. The van der Waals surface area contributed by atoms with Crippen LogP contribution in [-0.4, -0.2) is 16.7 Å². The third-order valence-corrected chi connectivity index (χ3v) is 6.46. The lowest BCUT2D eigenvalue weighted by atomic mass is 10.0. The fourth-order valence-electron chi connectivity index (χ4n) is 5.12. The van der Waals surface area contributed by atoms with Gasteiger partial charge in [-0.1, -0.05) is 37.1 Å². The van der Waals surface area contributed by atoms with Gasteiger partial charge in [-0.15, -0.1) is 0 Å². The summed E-state index contributed by atoms with van der Waals surface area (Å²) in [5.41, 5.74) is 6.28. The topological polar surface area (TPSA) is 46.4 Å².